The van der Waals surface area contributed by atoms with Crippen LogP contribution in [0.2, 0.25) is 15.1 Å². The summed E-state index contributed by atoms with van der Waals surface area (Å²) >= 11 is 18.4. The Labute approximate surface area is 208 Å². The van der Waals surface area contributed by atoms with Crippen LogP contribution in [0.4, 0.5) is 0 Å². The Morgan fingerprint density at radius 1 is 0.939 bits per heavy atom. The summed E-state index contributed by atoms with van der Waals surface area (Å²) in [5.41, 5.74) is 5.33. The van der Waals surface area contributed by atoms with Gasteiger partial charge in [-0.15, -0.1) is 0 Å². The van der Waals surface area contributed by atoms with Gasteiger partial charge in [0.15, 0.2) is 0 Å². The van der Waals surface area contributed by atoms with Crippen LogP contribution in [-0.2, 0) is 9.53 Å². The molecule has 3 aromatic rings. The Balaban J connectivity index is 1.61. The maximum Gasteiger partial charge on any atom is 0.317 e. The van der Waals surface area contributed by atoms with Crippen molar-refractivity contribution in [2.45, 2.75) is 25.0 Å². The van der Waals surface area contributed by atoms with E-state index in [1.54, 1.807) is 6.07 Å². The Kier molecular flexibility index (Phi) is 7.62. The lowest BCUT2D eigenvalue weighted by Gasteiger charge is -2.17. The minimum absolute atomic E-state index is 0.0303. The summed E-state index contributed by atoms with van der Waals surface area (Å²) in [7, 11) is 1.82. The van der Waals surface area contributed by atoms with Gasteiger partial charge in [-0.3, -0.25) is 9.69 Å². The predicted molar refractivity (Wildman–Crippen MR) is 133 cm³/mol. The topological polar surface area (TPSA) is 49.8 Å². The molecule has 0 radical (unpaired) electrons. The summed E-state index contributed by atoms with van der Waals surface area (Å²) in [6.45, 7) is 0.719. The van der Waals surface area contributed by atoms with Crippen molar-refractivity contribution in [3.8, 4) is 11.1 Å². The molecule has 172 valence electrons. The molecule has 4 rings (SSSR count). The van der Waals surface area contributed by atoms with Gasteiger partial charge in [-0.2, -0.15) is 0 Å². The van der Waals surface area contributed by atoms with Gasteiger partial charge in [0, 0.05) is 5.02 Å². The fourth-order valence-corrected chi connectivity index (χ4v) is 4.66. The molecule has 1 aliphatic heterocycles. The lowest BCUT2D eigenvalue weighted by Crippen LogP contribution is -2.26. The zero-order chi connectivity index (χ0) is 23.5. The molecular weight excluding hydrogens is 481 g/mol. The lowest BCUT2D eigenvalue weighted by molar-refractivity contribution is -0.138. The molecule has 0 fully saturated rings. The van der Waals surface area contributed by atoms with E-state index in [9.17, 15) is 4.79 Å². The summed E-state index contributed by atoms with van der Waals surface area (Å²) < 4.78 is 6.53. The van der Waals surface area contributed by atoms with Crippen molar-refractivity contribution >= 4 is 40.8 Å². The zero-order valence-corrected chi connectivity index (χ0v) is 20.4. The highest BCUT2D eigenvalue weighted by Crippen LogP contribution is 2.46. The first-order valence-electron chi connectivity index (χ1n) is 10.7. The molecule has 3 aromatic carbocycles. The van der Waals surface area contributed by atoms with Gasteiger partial charge in [0.2, 0.25) is 0 Å². The molecule has 0 aromatic heterocycles. The van der Waals surface area contributed by atoms with Crippen molar-refractivity contribution in [3.63, 3.8) is 0 Å². The number of carboxylic acids is 1. The number of carbonyl (C=O) groups is 1. The van der Waals surface area contributed by atoms with E-state index in [-0.39, 0.29) is 18.8 Å². The number of halogens is 3. The molecule has 1 aliphatic rings. The molecule has 0 bridgehead atoms. The second-order valence-electron chi connectivity index (χ2n) is 8.30. The number of benzene rings is 3. The smallest absolute Gasteiger partial charge is 0.317 e. The first-order valence-corrected chi connectivity index (χ1v) is 11.9. The maximum absolute atomic E-state index is 10.9. The SMILES string of the molecule is CN(CCCC1OC(c2ccc(Cl)cc2)c2cc(-c3ccc(Cl)c(Cl)c3)ccc21)CC(=O)O. The average Bonchev–Trinajstić information content (AvgIpc) is 3.13. The van der Waals surface area contributed by atoms with Crippen molar-refractivity contribution in [1.82, 2.24) is 4.90 Å². The van der Waals surface area contributed by atoms with Crippen LogP contribution in [0, 0.1) is 0 Å². The molecule has 0 saturated carbocycles. The monoisotopic (exact) mass is 503 g/mol. The lowest BCUT2D eigenvalue weighted by atomic mass is 9.92. The minimum Gasteiger partial charge on any atom is -0.480 e. The summed E-state index contributed by atoms with van der Waals surface area (Å²) in [4.78, 5) is 12.7. The standard InChI is InChI=1S/C26H24Cl3NO3/c1-30(15-25(31)32)12-2-3-24-20-10-6-17(18-7-11-22(28)23(29)14-18)13-21(20)26(33-24)16-4-8-19(27)9-5-16/h4-11,13-14,24,26H,2-3,12,15H2,1H3,(H,31,32). The number of ether oxygens (including phenoxy) is 1. The van der Waals surface area contributed by atoms with Crippen LogP contribution in [0.5, 0.6) is 0 Å². The molecule has 1 N–H and O–H groups in total. The highest BCUT2D eigenvalue weighted by molar-refractivity contribution is 6.42. The highest BCUT2D eigenvalue weighted by atomic mass is 35.5. The highest BCUT2D eigenvalue weighted by Gasteiger charge is 2.33. The van der Waals surface area contributed by atoms with Gasteiger partial charge in [0.05, 0.1) is 22.7 Å². The minimum atomic E-state index is -0.822. The summed E-state index contributed by atoms with van der Waals surface area (Å²) in [5, 5.41) is 10.7. The number of nitrogens with zero attached hydrogens (tertiary/aromatic N) is 1. The van der Waals surface area contributed by atoms with Crippen LogP contribution in [-0.4, -0.2) is 36.1 Å². The average molecular weight is 505 g/mol. The molecule has 0 amide bonds. The second kappa shape index (κ2) is 10.5. The predicted octanol–water partition coefficient (Wildman–Crippen LogP) is 7.27. The molecule has 0 aliphatic carbocycles. The van der Waals surface area contributed by atoms with Gasteiger partial charge in [-0.05, 0) is 84.6 Å². The number of likely N-dealkylation sites (N-methyl/N-ethyl adjacent to an activating group) is 1. The van der Waals surface area contributed by atoms with Crippen LogP contribution < -0.4 is 0 Å². The number of hydrogen-bond donors (Lipinski definition) is 1. The van der Waals surface area contributed by atoms with E-state index in [0.29, 0.717) is 21.6 Å². The third kappa shape index (κ3) is 5.71. The molecule has 33 heavy (non-hydrogen) atoms. The molecule has 4 nitrogen and oxygen atoms in total. The van der Waals surface area contributed by atoms with Crippen molar-refractivity contribution < 1.29 is 14.6 Å². The van der Waals surface area contributed by atoms with Crippen LogP contribution in [0.25, 0.3) is 11.1 Å². The normalized spacial score (nSPS) is 17.4. The zero-order valence-electron chi connectivity index (χ0n) is 18.1. The molecular formula is C26H24Cl3NO3. The van der Waals surface area contributed by atoms with Gasteiger partial charge in [0.25, 0.3) is 0 Å². The van der Waals surface area contributed by atoms with Crippen LogP contribution in [0.3, 0.4) is 0 Å². The summed E-state index contributed by atoms with van der Waals surface area (Å²) in [6.07, 6.45) is 1.35. The van der Waals surface area contributed by atoms with Gasteiger partial charge >= 0.3 is 5.97 Å². The number of rotatable bonds is 8. The Morgan fingerprint density at radius 3 is 2.33 bits per heavy atom. The van der Waals surface area contributed by atoms with Crippen LogP contribution in [0.15, 0.2) is 60.7 Å². The summed E-state index contributed by atoms with van der Waals surface area (Å²) in [6, 6.07) is 19.7. The van der Waals surface area contributed by atoms with Crippen molar-refractivity contribution in [2.75, 3.05) is 20.1 Å². The van der Waals surface area contributed by atoms with E-state index in [1.807, 2.05) is 48.3 Å². The number of aliphatic carboxylic acids is 1. The quantitative estimate of drug-likeness (QED) is 0.350. The second-order valence-corrected chi connectivity index (χ2v) is 9.55. The van der Waals surface area contributed by atoms with Gasteiger partial charge in [0.1, 0.15) is 6.10 Å². The third-order valence-electron chi connectivity index (χ3n) is 5.85. The Bertz CT molecular complexity index is 1150. The molecule has 7 heteroatoms. The number of carboxylic acid groups (broad SMARTS) is 1. The maximum atomic E-state index is 10.9. The molecule has 2 atom stereocenters. The molecule has 0 saturated heterocycles. The van der Waals surface area contributed by atoms with Gasteiger partial charge < -0.3 is 9.84 Å². The van der Waals surface area contributed by atoms with E-state index in [4.69, 9.17) is 44.6 Å². The van der Waals surface area contributed by atoms with Crippen molar-refractivity contribution in [2.24, 2.45) is 0 Å². The van der Waals surface area contributed by atoms with Crippen molar-refractivity contribution in [1.29, 1.82) is 0 Å². The van der Waals surface area contributed by atoms with E-state index in [1.165, 1.54) is 0 Å². The van der Waals surface area contributed by atoms with E-state index < -0.39 is 5.97 Å². The first kappa shape index (κ1) is 24.1. The fourth-order valence-electron chi connectivity index (χ4n) is 4.24. The van der Waals surface area contributed by atoms with E-state index in [0.717, 1.165) is 40.7 Å². The number of fused-ring (bicyclic) bond motifs is 1. The van der Waals surface area contributed by atoms with Crippen LogP contribution in [0.1, 0.15) is 41.7 Å². The van der Waals surface area contributed by atoms with Gasteiger partial charge in [-0.1, -0.05) is 65.1 Å². The fraction of sp³-hybridized carbons (Fsp3) is 0.269. The Morgan fingerprint density at radius 2 is 1.64 bits per heavy atom. The summed E-state index contributed by atoms with van der Waals surface area (Å²) in [5.74, 6) is -0.822. The largest absolute Gasteiger partial charge is 0.480 e. The molecule has 2 unspecified atom stereocenters. The van der Waals surface area contributed by atoms with Crippen LogP contribution >= 0.6 is 34.8 Å². The van der Waals surface area contributed by atoms with Gasteiger partial charge in [-0.25, -0.2) is 0 Å². The molecule has 1 heterocycles. The Hall–Kier alpha value is -2.08. The number of hydrogen-bond acceptors (Lipinski definition) is 3. The third-order valence-corrected chi connectivity index (χ3v) is 6.84. The van der Waals surface area contributed by atoms with Crippen molar-refractivity contribution in [3.05, 3.63) is 92.4 Å². The molecule has 0 spiro atoms. The van der Waals surface area contributed by atoms with E-state index >= 15 is 0 Å². The van der Waals surface area contributed by atoms with E-state index in [2.05, 4.69) is 18.2 Å². The first-order chi connectivity index (χ1) is 15.8.